The van der Waals surface area contributed by atoms with Crippen LogP contribution in [0.2, 0.25) is 0 Å². The number of carbonyl (C=O) groups is 2. The molecule has 1 saturated heterocycles. The molecule has 0 bridgehead atoms. The summed E-state index contributed by atoms with van der Waals surface area (Å²) in [5.41, 5.74) is 1.05. The van der Waals surface area contributed by atoms with Crippen molar-refractivity contribution in [2.24, 2.45) is 5.92 Å². The SMILES string of the molecule is CCOC(=O)C1CCN(C(=O)c2cc3ccc(F)cc3[nH]2)CC1. The third kappa shape index (κ3) is 3.21. The molecule has 6 heteroatoms. The van der Waals surface area contributed by atoms with Gasteiger partial charge in [0.15, 0.2) is 0 Å². The van der Waals surface area contributed by atoms with E-state index in [1.165, 1.54) is 12.1 Å². The molecule has 23 heavy (non-hydrogen) atoms. The maximum Gasteiger partial charge on any atom is 0.309 e. The van der Waals surface area contributed by atoms with Crippen molar-refractivity contribution in [3.63, 3.8) is 0 Å². The van der Waals surface area contributed by atoms with E-state index >= 15 is 0 Å². The lowest BCUT2D eigenvalue weighted by Crippen LogP contribution is -2.40. The number of aromatic nitrogens is 1. The number of halogens is 1. The van der Waals surface area contributed by atoms with Crippen LogP contribution in [0.4, 0.5) is 4.39 Å². The minimum atomic E-state index is -0.339. The number of nitrogens with zero attached hydrogens (tertiary/aromatic N) is 1. The van der Waals surface area contributed by atoms with Crippen molar-refractivity contribution in [1.29, 1.82) is 0 Å². The van der Waals surface area contributed by atoms with Crippen LogP contribution >= 0.6 is 0 Å². The number of piperidine rings is 1. The van der Waals surface area contributed by atoms with E-state index in [1.807, 2.05) is 0 Å². The second-order valence-corrected chi connectivity index (χ2v) is 5.73. The summed E-state index contributed by atoms with van der Waals surface area (Å²) in [6.07, 6.45) is 1.22. The maximum atomic E-state index is 13.2. The summed E-state index contributed by atoms with van der Waals surface area (Å²) in [5.74, 6) is -0.769. The average Bonchev–Trinajstić information content (AvgIpc) is 2.97. The van der Waals surface area contributed by atoms with Crippen LogP contribution in [0.15, 0.2) is 24.3 Å². The van der Waals surface area contributed by atoms with Gasteiger partial charge in [0.1, 0.15) is 11.5 Å². The van der Waals surface area contributed by atoms with Crippen LogP contribution in [0.1, 0.15) is 30.3 Å². The monoisotopic (exact) mass is 318 g/mol. The number of hydrogen-bond donors (Lipinski definition) is 1. The first-order chi connectivity index (χ1) is 11.1. The Morgan fingerprint density at radius 3 is 2.74 bits per heavy atom. The van der Waals surface area contributed by atoms with Crippen molar-refractivity contribution in [2.75, 3.05) is 19.7 Å². The molecule has 0 unspecified atom stereocenters. The molecule has 1 amide bonds. The van der Waals surface area contributed by atoms with E-state index in [-0.39, 0.29) is 23.6 Å². The molecule has 0 atom stereocenters. The van der Waals surface area contributed by atoms with Gasteiger partial charge in [-0.1, -0.05) is 0 Å². The van der Waals surface area contributed by atoms with Gasteiger partial charge in [0.25, 0.3) is 5.91 Å². The zero-order valence-corrected chi connectivity index (χ0v) is 13.0. The van der Waals surface area contributed by atoms with Crippen molar-refractivity contribution >= 4 is 22.8 Å². The van der Waals surface area contributed by atoms with Gasteiger partial charge in [0.05, 0.1) is 12.5 Å². The van der Waals surface area contributed by atoms with Crippen LogP contribution in [-0.2, 0) is 9.53 Å². The van der Waals surface area contributed by atoms with E-state index in [9.17, 15) is 14.0 Å². The van der Waals surface area contributed by atoms with E-state index in [1.54, 1.807) is 24.0 Å². The Morgan fingerprint density at radius 2 is 2.04 bits per heavy atom. The first-order valence-electron chi connectivity index (χ1n) is 7.82. The molecule has 122 valence electrons. The van der Waals surface area contributed by atoms with E-state index in [2.05, 4.69) is 4.98 Å². The van der Waals surface area contributed by atoms with Gasteiger partial charge in [0, 0.05) is 24.0 Å². The normalized spacial score (nSPS) is 15.8. The quantitative estimate of drug-likeness (QED) is 0.885. The molecule has 1 aromatic heterocycles. The molecule has 1 aliphatic rings. The summed E-state index contributed by atoms with van der Waals surface area (Å²) in [7, 11) is 0. The summed E-state index contributed by atoms with van der Waals surface area (Å²) in [5, 5.41) is 0.802. The second-order valence-electron chi connectivity index (χ2n) is 5.73. The highest BCUT2D eigenvalue weighted by Crippen LogP contribution is 2.22. The molecular formula is C17H19FN2O3. The Hall–Kier alpha value is -2.37. The second kappa shape index (κ2) is 6.40. The van der Waals surface area contributed by atoms with Crippen molar-refractivity contribution in [2.45, 2.75) is 19.8 Å². The minimum absolute atomic E-state index is 0.121. The highest BCUT2D eigenvalue weighted by Gasteiger charge is 2.29. The number of benzene rings is 1. The summed E-state index contributed by atoms with van der Waals surface area (Å²) in [6.45, 7) is 3.21. The van der Waals surface area contributed by atoms with Crippen LogP contribution in [0.25, 0.3) is 10.9 Å². The van der Waals surface area contributed by atoms with Gasteiger partial charge in [-0.2, -0.15) is 0 Å². The Bertz CT molecular complexity index is 733. The van der Waals surface area contributed by atoms with Crippen LogP contribution in [-0.4, -0.2) is 41.5 Å². The third-order valence-electron chi connectivity index (χ3n) is 4.22. The lowest BCUT2D eigenvalue weighted by atomic mass is 9.97. The number of aromatic amines is 1. The number of rotatable bonds is 3. The Labute approximate surface area is 133 Å². The molecule has 0 saturated carbocycles. The Kier molecular flexibility index (Phi) is 4.32. The summed E-state index contributed by atoms with van der Waals surface area (Å²) in [6, 6.07) is 6.12. The van der Waals surface area contributed by atoms with E-state index < -0.39 is 0 Å². The summed E-state index contributed by atoms with van der Waals surface area (Å²) < 4.78 is 18.3. The molecule has 2 heterocycles. The molecule has 0 aliphatic carbocycles. The summed E-state index contributed by atoms with van der Waals surface area (Å²) >= 11 is 0. The number of fused-ring (bicyclic) bond motifs is 1. The van der Waals surface area contributed by atoms with E-state index in [4.69, 9.17) is 4.74 Å². The van der Waals surface area contributed by atoms with Crippen molar-refractivity contribution in [1.82, 2.24) is 9.88 Å². The zero-order chi connectivity index (χ0) is 16.4. The molecule has 5 nitrogen and oxygen atoms in total. The largest absolute Gasteiger partial charge is 0.466 e. The number of amides is 1. The predicted molar refractivity (Wildman–Crippen MR) is 83.5 cm³/mol. The smallest absolute Gasteiger partial charge is 0.309 e. The number of likely N-dealkylation sites (tertiary alicyclic amines) is 1. The van der Waals surface area contributed by atoms with Gasteiger partial charge >= 0.3 is 5.97 Å². The van der Waals surface area contributed by atoms with Gasteiger partial charge in [0.2, 0.25) is 0 Å². The molecule has 3 rings (SSSR count). The van der Waals surface area contributed by atoms with Crippen molar-refractivity contribution in [3.8, 4) is 0 Å². The van der Waals surface area contributed by atoms with Crippen LogP contribution < -0.4 is 0 Å². The lowest BCUT2D eigenvalue weighted by molar-refractivity contribution is -0.149. The van der Waals surface area contributed by atoms with Crippen LogP contribution in [0.3, 0.4) is 0 Å². The Morgan fingerprint density at radius 1 is 1.30 bits per heavy atom. The summed E-state index contributed by atoms with van der Waals surface area (Å²) in [4.78, 5) is 29.0. The molecule has 2 aromatic rings. The fourth-order valence-electron chi connectivity index (χ4n) is 2.96. The number of carbonyl (C=O) groups excluding carboxylic acids is 2. The third-order valence-corrected chi connectivity index (χ3v) is 4.22. The van der Waals surface area contributed by atoms with Gasteiger partial charge in [-0.3, -0.25) is 9.59 Å². The van der Waals surface area contributed by atoms with Gasteiger partial charge < -0.3 is 14.6 Å². The fraction of sp³-hybridized carbons (Fsp3) is 0.412. The van der Waals surface area contributed by atoms with E-state index in [0.29, 0.717) is 43.7 Å². The molecule has 1 fully saturated rings. The number of ether oxygens (including phenoxy) is 1. The molecular weight excluding hydrogens is 299 g/mol. The van der Waals surface area contributed by atoms with Crippen molar-refractivity contribution < 1.29 is 18.7 Å². The molecule has 1 aromatic carbocycles. The Balaban J connectivity index is 1.67. The van der Waals surface area contributed by atoms with Gasteiger partial charge in [-0.05, 0) is 44.0 Å². The zero-order valence-electron chi connectivity index (χ0n) is 13.0. The van der Waals surface area contributed by atoms with Gasteiger partial charge in [-0.15, -0.1) is 0 Å². The van der Waals surface area contributed by atoms with Crippen molar-refractivity contribution in [3.05, 3.63) is 35.8 Å². The lowest BCUT2D eigenvalue weighted by Gasteiger charge is -2.30. The first kappa shape index (κ1) is 15.5. The molecule has 1 aliphatic heterocycles. The predicted octanol–water partition coefficient (Wildman–Crippen LogP) is 2.72. The topological polar surface area (TPSA) is 62.4 Å². The number of nitrogens with one attached hydrogen (secondary N) is 1. The molecule has 1 N–H and O–H groups in total. The van der Waals surface area contributed by atoms with Crippen LogP contribution in [0, 0.1) is 11.7 Å². The maximum absolute atomic E-state index is 13.2. The number of hydrogen-bond acceptors (Lipinski definition) is 3. The van der Waals surface area contributed by atoms with Crippen LogP contribution in [0.5, 0.6) is 0 Å². The first-order valence-corrected chi connectivity index (χ1v) is 7.82. The minimum Gasteiger partial charge on any atom is -0.466 e. The number of H-pyrrole nitrogens is 1. The molecule has 0 spiro atoms. The average molecular weight is 318 g/mol. The van der Waals surface area contributed by atoms with E-state index in [0.717, 1.165) is 5.39 Å². The highest BCUT2D eigenvalue weighted by molar-refractivity contribution is 5.98. The molecule has 0 radical (unpaired) electrons. The highest BCUT2D eigenvalue weighted by atomic mass is 19.1. The standard InChI is InChI=1S/C17H19FN2O3/c1-2-23-17(22)11-5-7-20(8-6-11)16(21)15-9-12-3-4-13(18)10-14(12)19-15/h3-4,9-11,19H,2,5-8H2,1H3. The van der Waals surface area contributed by atoms with Gasteiger partial charge in [-0.25, -0.2) is 4.39 Å². The fourth-order valence-corrected chi connectivity index (χ4v) is 2.96. The number of esters is 1.